The highest BCUT2D eigenvalue weighted by atomic mass is 16.5. The summed E-state index contributed by atoms with van der Waals surface area (Å²) < 4.78 is 5.45. The fourth-order valence-corrected chi connectivity index (χ4v) is 9.01. The third-order valence-electron chi connectivity index (χ3n) is 13.6. The third-order valence-corrected chi connectivity index (χ3v) is 13.6. The summed E-state index contributed by atoms with van der Waals surface area (Å²) in [7, 11) is 0. The lowest BCUT2D eigenvalue weighted by molar-refractivity contribution is -0.143. The Morgan fingerprint density at radius 2 is 0.779 bits per heavy atom. The van der Waals surface area contributed by atoms with Crippen molar-refractivity contribution >= 4 is 11.9 Å². The number of aliphatic hydroxyl groups is 2. The lowest BCUT2D eigenvalue weighted by Crippen LogP contribution is -2.45. The van der Waals surface area contributed by atoms with E-state index in [1.54, 1.807) is 0 Å². The van der Waals surface area contributed by atoms with Gasteiger partial charge in [0.25, 0.3) is 0 Å². The molecule has 0 bridgehead atoms. The molecule has 6 heteroatoms. The van der Waals surface area contributed by atoms with Gasteiger partial charge in [-0.1, -0.05) is 255 Å². The Morgan fingerprint density at radius 3 is 1.24 bits per heavy atom. The quantitative estimate of drug-likeness (QED) is 0.0244. The number of allylic oxidation sites excluding steroid dienone is 8. The van der Waals surface area contributed by atoms with Gasteiger partial charge in [-0.25, -0.2) is 0 Å². The minimum atomic E-state index is -0.672. The predicted octanol–water partition coefficient (Wildman–Crippen LogP) is 18.6. The molecule has 0 aromatic rings. The number of unbranched alkanes of at least 4 members (excludes halogenated alkanes) is 37. The Balaban J connectivity index is 3.49. The molecule has 6 nitrogen and oxygen atoms in total. The minimum absolute atomic E-state index is 0.0276. The SMILES string of the molecule is CCCCC/C=C\C/C=C\CCCCCCCC(=O)OCCCCC/C=C\C=C/CCCCCCCCCCCCC(=O)NC(CO)C(O)CCCCCCCCCCCCCCCCCCC. The van der Waals surface area contributed by atoms with Crippen molar-refractivity contribution in [1.82, 2.24) is 5.32 Å². The Kier molecular flexibility index (Phi) is 55.6. The van der Waals surface area contributed by atoms with Crippen LogP contribution in [-0.4, -0.2) is 47.4 Å². The van der Waals surface area contributed by atoms with Crippen LogP contribution in [0.15, 0.2) is 48.6 Å². The number of amides is 1. The number of esters is 1. The second kappa shape index (κ2) is 57.4. The predicted molar refractivity (Wildman–Crippen MR) is 296 cm³/mol. The molecule has 0 spiro atoms. The van der Waals surface area contributed by atoms with Crippen molar-refractivity contribution in [3.05, 3.63) is 48.6 Å². The average Bonchev–Trinajstić information content (AvgIpc) is 3.34. The molecule has 2 unspecified atom stereocenters. The highest BCUT2D eigenvalue weighted by Gasteiger charge is 2.20. The van der Waals surface area contributed by atoms with Crippen LogP contribution in [-0.2, 0) is 14.3 Å². The van der Waals surface area contributed by atoms with Gasteiger partial charge >= 0.3 is 5.97 Å². The van der Waals surface area contributed by atoms with Crippen LogP contribution in [0, 0.1) is 0 Å². The molecule has 0 saturated carbocycles. The van der Waals surface area contributed by atoms with E-state index < -0.39 is 12.1 Å². The van der Waals surface area contributed by atoms with Crippen molar-refractivity contribution in [2.45, 2.75) is 321 Å². The number of hydrogen-bond acceptors (Lipinski definition) is 5. The molecule has 0 aliphatic carbocycles. The van der Waals surface area contributed by atoms with Crippen LogP contribution in [0.5, 0.6) is 0 Å². The number of aliphatic hydroxyl groups excluding tert-OH is 2. The highest BCUT2D eigenvalue weighted by Crippen LogP contribution is 2.17. The molecular weight excluding hydrogens is 839 g/mol. The van der Waals surface area contributed by atoms with E-state index in [0.717, 1.165) is 77.0 Å². The molecule has 0 aliphatic rings. The van der Waals surface area contributed by atoms with Crippen LogP contribution in [0.3, 0.4) is 0 Å². The summed E-state index contributed by atoms with van der Waals surface area (Å²) in [5.41, 5.74) is 0. The van der Waals surface area contributed by atoms with Gasteiger partial charge in [-0.3, -0.25) is 9.59 Å². The van der Waals surface area contributed by atoms with Crippen molar-refractivity contribution in [3.63, 3.8) is 0 Å². The van der Waals surface area contributed by atoms with Gasteiger partial charge in [0.15, 0.2) is 0 Å². The first-order chi connectivity index (χ1) is 33.5. The molecule has 0 aliphatic heterocycles. The molecule has 2 atom stereocenters. The Labute approximate surface area is 423 Å². The van der Waals surface area contributed by atoms with Gasteiger partial charge in [-0.15, -0.1) is 0 Å². The molecule has 0 rings (SSSR count). The van der Waals surface area contributed by atoms with E-state index in [0.29, 0.717) is 25.9 Å². The molecule has 0 aromatic heterocycles. The lowest BCUT2D eigenvalue weighted by Gasteiger charge is -2.22. The minimum Gasteiger partial charge on any atom is -0.466 e. The van der Waals surface area contributed by atoms with Gasteiger partial charge in [-0.2, -0.15) is 0 Å². The summed E-state index contributed by atoms with van der Waals surface area (Å²) >= 11 is 0. The first kappa shape index (κ1) is 65.8. The zero-order chi connectivity index (χ0) is 49.3. The summed E-state index contributed by atoms with van der Waals surface area (Å²) in [6.07, 6.45) is 72.5. The number of carbonyl (C=O) groups excluding carboxylic acids is 2. The normalized spacial score (nSPS) is 12.9. The molecule has 68 heavy (non-hydrogen) atoms. The summed E-state index contributed by atoms with van der Waals surface area (Å²) in [5.74, 6) is -0.0717. The summed E-state index contributed by atoms with van der Waals surface area (Å²) in [6.45, 7) is 4.89. The van der Waals surface area contributed by atoms with Crippen LogP contribution in [0.2, 0.25) is 0 Å². The summed E-state index contributed by atoms with van der Waals surface area (Å²) in [4.78, 5) is 24.5. The second-order valence-corrected chi connectivity index (χ2v) is 20.4. The average molecular weight is 955 g/mol. The highest BCUT2D eigenvalue weighted by molar-refractivity contribution is 5.76. The number of nitrogens with one attached hydrogen (secondary N) is 1. The molecule has 3 N–H and O–H groups in total. The van der Waals surface area contributed by atoms with E-state index >= 15 is 0 Å². The van der Waals surface area contributed by atoms with E-state index in [4.69, 9.17) is 4.74 Å². The zero-order valence-electron chi connectivity index (χ0n) is 45.3. The van der Waals surface area contributed by atoms with Crippen LogP contribution < -0.4 is 5.32 Å². The van der Waals surface area contributed by atoms with E-state index in [-0.39, 0.29) is 18.5 Å². The molecule has 398 valence electrons. The summed E-state index contributed by atoms with van der Waals surface area (Å²) in [6, 6.07) is -0.551. The maximum Gasteiger partial charge on any atom is 0.305 e. The molecular formula is C62H115NO5. The number of rotatable bonds is 55. The van der Waals surface area contributed by atoms with Crippen molar-refractivity contribution in [2.75, 3.05) is 13.2 Å². The Bertz CT molecular complexity index is 1150. The van der Waals surface area contributed by atoms with Gasteiger partial charge in [0, 0.05) is 12.8 Å². The molecule has 0 aromatic carbocycles. The number of hydrogen-bond donors (Lipinski definition) is 3. The van der Waals surface area contributed by atoms with Crippen LogP contribution in [0.25, 0.3) is 0 Å². The Morgan fingerprint density at radius 1 is 0.426 bits per heavy atom. The molecule has 0 heterocycles. The molecule has 0 radical (unpaired) electrons. The van der Waals surface area contributed by atoms with Crippen molar-refractivity contribution in [2.24, 2.45) is 0 Å². The first-order valence-electron chi connectivity index (χ1n) is 29.9. The fraction of sp³-hybridized carbons (Fsp3) is 0.839. The van der Waals surface area contributed by atoms with Crippen molar-refractivity contribution in [3.8, 4) is 0 Å². The van der Waals surface area contributed by atoms with Crippen LogP contribution in [0.1, 0.15) is 309 Å². The second-order valence-electron chi connectivity index (χ2n) is 20.4. The van der Waals surface area contributed by atoms with E-state index in [1.165, 1.54) is 199 Å². The summed E-state index contributed by atoms with van der Waals surface area (Å²) in [5, 5.41) is 23.3. The maximum absolute atomic E-state index is 12.5. The molecule has 0 fully saturated rings. The van der Waals surface area contributed by atoms with Gasteiger partial charge in [-0.05, 0) is 89.9 Å². The number of ether oxygens (including phenoxy) is 1. The fourth-order valence-electron chi connectivity index (χ4n) is 9.01. The smallest absolute Gasteiger partial charge is 0.305 e. The Hall–Kier alpha value is -2.18. The maximum atomic E-state index is 12.5. The van der Waals surface area contributed by atoms with Gasteiger partial charge in [0.1, 0.15) is 0 Å². The van der Waals surface area contributed by atoms with Crippen molar-refractivity contribution < 1.29 is 24.5 Å². The molecule has 0 saturated heterocycles. The van der Waals surface area contributed by atoms with Crippen LogP contribution in [0.4, 0.5) is 0 Å². The van der Waals surface area contributed by atoms with E-state index in [1.807, 2.05) is 0 Å². The number of carbonyl (C=O) groups is 2. The van der Waals surface area contributed by atoms with Crippen LogP contribution >= 0.6 is 0 Å². The third kappa shape index (κ3) is 53.2. The largest absolute Gasteiger partial charge is 0.466 e. The monoisotopic (exact) mass is 954 g/mol. The standard InChI is InChI=1S/C62H115NO5/c1-3-5-7-9-11-13-15-17-19-23-27-30-34-38-42-46-50-54-60(65)59(58-64)63-61(66)55-51-47-43-39-35-31-28-24-21-20-22-25-29-33-37-41-45-49-53-57-68-62(67)56-52-48-44-40-36-32-26-18-16-14-12-10-8-6-4-2/h12,14,18,25-26,29,33,37,59-60,64-65H,3-11,13,15-17,19-24,27-28,30-32,34-36,38-58H2,1-2H3,(H,63,66)/b14-12-,26-18-,29-25-,37-33-. The van der Waals surface area contributed by atoms with E-state index in [2.05, 4.69) is 67.8 Å². The van der Waals surface area contributed by atoms with E-state index in [9.17, 15) is 19.8 Å². The van der Waals surface area contributed by atoms with Gasteiger partial charge in [0.2, 0.25) is 5.91 Å². The lowest BCUT2D eigenvalue weighted by atomic mass is 10.0. The zero-order valence-corrected chi connectivity index (χ0v) is 45.3. The van der Waals surface area contributed by atoms with Crippen molar-refractivity contribution in [1.29, 1.82) is 0 Å². The van der Waals surface area contributed by atoms with Gasteiger partial charge < -0.3 is 20.3 Å². The van der Waals surface area contributed by atoms with Gasteiger partial charge in [0.05, 0.1) is 25.4 Å². The molecule has 1 amide bonds. The topological polar surface area (TPSA) is 95.9 Å². The first-order valence-corrected chi connectivity index (χ1v) is 29.9.